The average Bonchev–Trinajstić information content (AvgIpc) is 2.66. The topological polar surface area (TPSA) is 41.6 Å². The van der Waals surface area contributed by atoms with Crippen LogP contribution in [0.25, 0.3) is 0 Å². The highest BCUT2D eigenvalue weighted by Crippen LogP contribution is 2.24. The Balaban J connectivity index is 1.51. The second kappa shape index (κ2) is 8.94. The second-order valence-electron chi connectivity index (χ2n) is 7.68. The number of carbonyl (C=O) groups excluding carboxylic acids is 1. The summed E-state index contributed by atoms with van der Waals surface area (Å²) in [6, 6.07) is 16.2. The fourth-order valence-corrected chi connectivity index (χ4v) is 3.62. The van der Waals surface area contributed by atoms with E-state index in [2.05, 4.69) is 41.4 Å². The van der Waals surface area contributed by atoms with Crippen LogP contribution in [0, 0.1) is 12.8 Å². The summed E-state index contributed by atoms with van der Waals surface area (Å²) in [6.45, 7) is 8.61. The summed E-state index contributed by atoms with van der Waals surface area (Å²) in [6.07, 6.45) is 2.58. The SMILES string of the molecule is Cc1cccc(OCC(=O)N[C@H](C)c2ccc(N3CCC[C@@H](C)C3)cc2)c1. The third-order valence-corrected chi connectivity index (χ3v) is 5.15. The molecule has 2 aromatic carbocycles. The molecule has 1 saturated heterocycles. The van der Waals surface area contributed by atoms with Crippen molar-refractivity contribution in [2.75, 3.05) is 24.6 Å². The van der Waals surface area contributed by atoms with Crippen molar-refractivity contribution in [3.05, 3.63) is 59.7 Å². The molecule has 3 rings (SSSR count). The molecule has 0 saturated carbocycles. The minimum atomic E-state index is -0.113. The van der Waals surface area contributed by atoms with Crippen molar-refractivity contribution in [1.29, 1.82) is 0 Å². The van der Waals surface area contributed by atoms with Gasteiger partial charge in [0.2, 0.25) is 0 Å². The summed E-state index contributed by atoms with van der Waals surface area (Å²) in [4.78, 5) is 14.6. The van der Waals surface area contributed by atoms with Gasteiger partial charge in [-0.1, -0.05) is 31.2 Å². The predicted molar refractivity (Wildman–Crippen MR) is 110 cm³/mol. The van der Waals surface area contributed by atoms with Gasteiger partial charge >= 0.3 is 0 Å². The molecule has 1 aliphatic rings. The number of ether oxygens (including phenoxy) is 1. The summed E-state index contributed by atoms with van der Waals surface area (Å²) >= 11 is 0. The molecule has 1 fully saturated rings. The maximum absolute atomic E-state index is 12.2. The Morgan fingerprint density at radius 1 is 1.26 bits per heavy atom. The number of amides is 1. The average molecular weight is 367 g/mol. The van der Waals surface area contributed by atoms with Gasteiger partial charge in [-0.2, -0.15) is 0 Å². The first kappa shape index (κ1) is 19.3. The number of hydrogen-bond donors (Lipinski definition) is 1. The van der Waals surface area contributed by atoms with Gasteiger partial charge < -0.3 is 15.0 Å². The largest absolute Gasteiger partial charge is 0.484 e. The molecule has 0 bridgehead atoms. The van der Waals surface area contributed by atoms with E-state index in [9.17, 15) is 4.79 Å². The summed E-state index contributed by atoms with van der Waals surface area (Å²) in [7, 11) is 0. The Bertz CT molecular complexity index is 757. The van der Waals surface area contributed by atoms with Gasteiger partial charge in [-0.15, -0.1) is 0 Å². The van der Waals surface area contributed by atoms with E-state index >= 15 is 0 Å². The van der Waals surface area contributed by atoms with E-state index in [4.69, 9.17) is 4.74 Å². The Labute approximate surface area is 162 Å². The molecule has 2 atom stereocenters. The quantitative estimate of drug-likeness (QED) is 0.819. The Morgan fingerprint density at radius 3 is 2.74 bits per heavy atom. The van der Waals surface area contributed by atoms with Crippen molar-refractivity contribution in [1.82, 2.24) is 5.32 Å². The van der Waals surface area contributed by atoms with Crippen LogP contribution in [0.2, 0.25) is 0 Å². The molecule has 0 spiro atoms. The number of benzene rings is 2. The molecule has 0 unspecified atom stereocenters. The van der Waals surface area contributed by atoms with Crippen LogP contribution in [0.5, 0.6) is 5.75 Å². The van der Waals surface area contributed by atoms with E-state index in [1.807, 2.05) is 38.1 Å². The number of anilines is 1. The number of aryl methyl sites for hydroxylation is 1. The zero-order valence-electron chi connectivity index (χ0n) is 16.6. The molecule has 0 aromatic heterocycles. The Kier molecular flexibility index (Phi) is 6.38. The number of carbonyl (C=O) groups is 1. The van der Waals surface area contributed by atoms with Crippen LogP contribution in [0.15, 0.2) is 48.5 Å². The van der Waals surface area contributed by atoms with Gasteiger partial charge in [0, 0.05) is 18.8 Å². The number of nitrogens with zero attached hydrogens (tertiary/aromatic N) is 1. The molecule has 1 heterocycles. The molecule has 144 valence electrons. The lowest BCUT2D eigenvalue weighted by Crippen LogP contribution is -2.34. The molecule has 27 heavy (non-hydrogen) atoms. The fraction of sp³-hybridized carbons (Fsp3) is 0.435. The molecular formula is C23H30N2O2. The highest BCUT2D eigenvalue weighted by atomic mass is 16.5. The normalized spacial score (nSPS) is 18.0. The summed E-state index contributed by atoms with van der Waals surface area (Å²) in [5.41, 5.74) is 3.49. The molecule has 4 nitrogen and oxygen atoms in total. The molecule has 0 radical (unpaired) electrons. The van der Waals surface area contributed by atoms with Crippen LogP contribution in [-0.2, 0) is 4.79 Å². The zero-order chi connectivity index (χ0) is 19.2. The van der Waals surface area contributed by atoms with E-state index in [-0.39, 0.29) is 18.6 Å². The summed E-state index contributed by atoms with van der Waals surface area (Å²) in [5, 5.41) is 3.01. The van der Waals surface area contributed by atoms with E-state index < -0.39 is 0 Å². The van der Waals surface area contributed by atoms with Crippen LogP contribution >= 0.6 is 0 Å². The number of rotatable bonds is 6. The van der Waals surface area contributed by atoms with E-state index in [1.54, 1.807) is 0 Å². The zero-order valence-corrected chi connectivity index (χ0v) is 16.6. The lowest BCUT2D eigenvalue weighted by atomic mass is 9.99. The minimum absolute atomic E-state index is 0.0253. The van der Waals surface area contributed by atoms with Gasteiger partial charge in [-0.05, 0) is 68.0 Å². The third kappa shape index (κ3) is 5.49. The monoisotopic (exact) mass is 366 g/mol. The highest BCUT2D eigenvalue weighted by molar-refractivity contribution is 5.78. The van der Waals surface area contributed by atoms with Crippen molar-refractivity contribution in [3.63, 3.8) is 0 Å². The molecule has 1 amide bonds. The van der Waals surface area contributed by atoms with Crippen LogP contribution in [0.4, 0.5) is 5.69 Å². The first-order valence-electron chi connectivity index (χ1n) is 9.85. The van der Waals surface area contributed by atoms with Gasteiger partial charge in [-0.25, -0.2) is 0 Å². The van der Waals surface area contributed by atoms with E-state index in [1.165, 1.54) is 18.5 Å². The smallest absolute Gasteiger partial charge is 0.258 e. The van der Waals surface area contributed by atoms with Gasteiger partial charge in [0.05, 0.1) is 6.04 Å². The lowest BCUT2D eigenvalue weighted by Gasteiger charge is -2.33. The predicted octanol–water partition coefficient (Wildman–Crippen LogP) is 4.49. The number of piperidine rings is 1. The summed E-state index contributed by atoms with van der Waals surface area (Å²) < 4.78 is 5.58. The van der Waals surface area contributed by atoms with Crippen molar-refractivity contribution in [2.45, 2.75) is 39.7 Å². The first-order valence-corrected chi connectivity index (χ1v) is 9.85. The van der Waals surface area contributed by atoms with Crippen LogP contribution in [-0.4, -0.2) is 25.6 Å². The highest BCUT2D eigenvalue weighted by Gasteiger charge is 2.17. The molecule has 1 N–H and O–H groups in total. The molecule has 0 aliphatic carbocycles. The molecular weight excluding hydrogens is 336 g/mol. The fourth-order valence-electron chi connectivity index (χ4n) is 3.62. The third-order valence-electron chi connectivity index (χ3n) is 5.15. The second-order valence-corrected chi connectivity index (χ2v) is 7.68. The molecule has 1 aliphatic heterocycles. The number of hydrogen-bond acceptors (Lipinski definition) is 3. The standard InChI is InChI=1S/C23H30N2O2/c1-17-6-4-8-22(14-17)27-16-23(26)24-19(3)20-9-11-21(12-10-20)25-13-5-7-18(2)15-25/h4,6,8-12,14,18-19H,5,7,13,15-16H2,1-3H3,(H,24,26)/t18-,19-/m1/s1. The van der Waals surface area contributed by atoms with Gasteiger partial charge in [0.25, 0.3) is 5.91 Å². The Hall–Kier alpha value is -2.49. The van der Waals surface area contributed by atoms with Crippen molar-refractivity contribution in [2.24, 2.45) is 5.92 Å². The van der Waals surface area contributed by atoms with Gasteiger partial charge in [0.1, 0.15) is 5.75 Å². The van der Waals surface area contributed by atoms with E-state index in [0.717, 1.165) is 35.9 Å². The maximum atomic E-state index is 12.2. The first-order chi connectivity index (χ1) is 13.0. The van der Waals surface area contributed by atoms with Crippen molar-refractivity contribution >= 4 is 11.6 Å². The summed E-state index contributed by atoms with van der Waals surface area (Å²) in [5.74, 6) is 1.36. The van der Waals surface area contributed by atoms with Crippen LogP contribution in [0.1, 0.15) is 43.9 Å². The van der Waals surface area contributed by atoms with E-state index in [0.29, 0.717) is 0 Å². The van der Waals surface area contributed by atoms with Gasteiger partial charge in [0.15, 0.2) is 6.61 Å². The number of nitrogens with one attached hydrogen (secondary N) is 1. The molecule has 2 aromatic rings. The molecule has 4 heteroatoms. The maximum Gasteiger partial charge on any atom is 0.258 e. The van der Waals surface area contributed by atoms with Crippen molar-refractivity contribution < 1.29 is 9.53 Å². The van der Waals surface area contributed by atoms with Gasteiger partial charge in [-0.3, -0.25) is 4.79 Å². The Morgan fingerprint density at radius 2 is 2.04 bits per heavy atom. The minimum Gasteiger partial charge on any atom is -0.484 e. The van der Waals surface area contributed by atoms with Crippen LogP contribution in [0.3, 0.4) is 0 Å². The van der Waals surface area contributed by atoms with Crippen LogP contribution < -0.4 is 15.0 Å². The lowest BCUT2D eigenvalue weighted by molar-refractivity contribution is -0.123. The van der Waals surface area contributed by atoms with Crippen molar-refractivity contribution in [3.8, 4) is 5.75 Å².